The molecule has 0 amide bonds. The molecule has 1 aromatic heterocycles. The van der Waals surface area contributed by atoms with Gasteiger partial charge in [0, 0.05) is 13.1 Å². The highest BCUT2D eigenvalue weighted by molar-refractivity contribution is 5.69. The van der Waals surface area contributed by atoms with Crippen LogP contribution in [0.1, 0.15) is 46.0 Å². The summed E-state index contributed by atoms with van der Waals surface area (Å²) in [6.45, 7) is 4.24. The van der Waals surface area contributed by atoms with Gasteiger partial charge in [-0.15, -0.1) is 0 Å². The van der Waals surface area contributed by atoms with Crippen LogP contribution < -0.4 is 10.6 Å². The number of hydrogen-bond acceptors (Lipinski definition) is 6. The third-order valence-corrected chi connectivity index (χ3v) is 3.13. The Morgan fingerprint density at radius 2 is 1.95 bits per heavy atom. The van der Waals surface area contributed by atoms with E-state index in [0.717, 1.165) is 32.1 Å². The molecule has 0 aromatic carbocycles. The van der Waals surface area contributed by atoms with E-state index in [1.54, 1.807) is 7.05 Å². The van der Waals surface area contributed by atoms with Gasteiger partial charge in [-0.25, -0.2) is 9.97 Å². The van der Waals surface area contributed by atoms with Crippen LogP contribution in [0.15, 0.2) is 6.33 Å². The number of hydrogen-bond donors (Lipinski definition) is 2. The lowest BCUT2D eigenvalue weighted by Gasteiger charge is -2.18. The monoisotopic (exact) mass is 281 g/mol. The molecule has 7 nitrogen and oxygen atoms in total. The van der Waals surface area contributed by atoms with E-state index in [9.17, 15) is 10.1 Å². The van der Waals surface area contributed by atoms with Crippen molar-refractivity contribution >= 4 is 17.3 Å². The van der Waals surface area contributed by atoms with E-state index in [4.69, 9.17) is 0 Å². The predicted molar refractivity (Wildman–Crippen MR) is 80.1 cm³/mol. The fraction of sp³-hybridized carbons (Fsp3) is 0.692. The maximum absolute atomic E-state index is 11.2. The SMILES string of the molecule is CCCCC(CCC)Nc1ncnc(NC)c1[N+](=O)[O-]. The van der Waals surface area contributed by atoms with Crippen LogP contribution in [0.5, 0.6) is 0 Å². The van der Waals surface area contributed by atoms with Crippen molar-refractivity contribution in [3.63, 3.8) is 0 Å². The molecule has 112 valence electrons. The first-order valence-corrected chi connectivity index (χ1v) is 7.07. The molecule has 0 bridgehead atoms. The quantitative estimate of drug-likeness (QED) is 0.533. The lowest BCUT2D eigenvalue weighted by molar-refractivity contribution is -0.383. The Hall–Kier alpha value is -1.92. The maximum atomic E-state index is 11.2. The molecule has 0 saturated heterocycles. The van der Waals surface area contributed by atoms with Crippen LogP contribution in [0.25, 0.3) is 0 Å². The topological polar surface area (TPSA) is 93.0 Å². The van der Waals surface area contributed by atoms with Crippen molar-refractivity contribution < 1.29 is 4.92 Å². The summed E-state index contributed by atoms with van der Waals surface area (Å²) in [5.74, 6) is 0.530. The zero-order valence-corrected chi connectivity index (χ0v) is 12.3. The molecule has 0 fully saturated rings. The van der Waals surface area contributed by atoms with Gasteiger partial charge in [0.2, 0.25) is 11.6 Å². The molecule has 1 atom stereocenters. The average molecular weight is 281 g/mol. The fourth-order valence-corrected chi connectivity index (χ4v) is 2.12. The van der Waals surface area contributed by atoms with E-state index in [-0.39, 0.29) is 17.5 Å². The van der Waals surface area contributed by atoms with Crippen molar-refractivity contribution in [1.29, 1.82) is 0 Å². The summed E-state index contributed by atoms with van der Waals surface area (Å²) in [5.41, 5.74) is -0.0902. The first-order valence-electron chi connectivity index (χ1n) is 7.07. The van der Waals surface area contributed by atoms with Crippen LogP contribution in [0.4, 0.5) is 17.3 Å². The zero-order chi connectivity index (χ0) is 15.0. The second-order valence-corrected chi connectivity index (χ2v) is 4.70. The number of unbranched alkanes of at least 4 members (excludes halogenated alkanes) is 1. The molecule has 0 aliphatic rings. The Kier molecular flexibility index (Phi) is 6.69. The van der Waals surface area contributed by atoms with Crippen molar-refractivity contribution in [2.24, 2.45) is 0 Å². The van der Waals surface area contributed by atoms with Gasteiger partial charge >= 0.3 is 5.69 Å². The molecule has 1 aromatic rings. The number of nitrogens with one attached hydrogen (secondary N) is 2. The summed E-state index contributed by atoms with van der Waals surface area (Å²) in [4.78, 5) is 18.7. The van der Waals surface area contributed by atoms with Crippen molar-refractivity contribution in [3.8, 4) is 0 Å². The molecule has 1 heterocycles. The minimum absolute atomic E-state index is 0.0902. The van der Waals surface area contributed by atoms with E-state index in [2.05, 4.69) is 34.4 Å². The average Bonchev–Trinajstić information content (AvgIpc) is 2.44. The summed E-state index contributed by atoms with van der Waals surface area (Å²) in [6, 6.07) is 0.207. The highest BCUT2D eigenvalue weighted by Crippen LogP contribution is 2.29. The van der Waals surface area contributed by atoms with Gasteiger partial charge < -0.3 is 10.6 Å². The summed E-state index contributed by atoms with van der Waals surface area (Å²) < 4.78 is 0. The molecule has 20 heavy (non-hydrogen) atoms. The van der Waals surface area contributed by atoms with Gasteiger partial charge in [-0.2, -0.15) is 0 Å². The van der Waals surface area contributed by atoms with Crippen LogP contribution in [-0.4, -0.2) is 28.0 Å². The number of nitro groups is 1. The molecule has 2 N–H and O–H groups in total. The lowest BCUT2D eigenvalue weighted by Crippen LogP contribution is -2.21. The zero-order valence-electron chi connectivity index (χ0n) is 12.3. The summed E-state index contributed by atoms with van der Waals surface area (Å²) in [6.07, 6.45) is 6.52. The minimum atomic E-state index is -0.447. The molecule has 0 saturated carbocycles. The van der Waals surface area contributed by atoms with Crippen LogP contribution in [-0.2, 0) is 0 Å². The Morgan fingerprint density at radius 1 is 1.25 bits per heavy atom. The van der Waals surface area contributed by atoms with E-state index < -0.39 is 4.92 Å². The molecule has 0 aliphatic carbocycles. The second-order valence-electron chi connectivity index (χ2n) is 4.70. The third kappa shape index (κ3) is 4.32. The van der Waals surface area contributed by atoms with Crippen LogP contribution in [0.3, 0.4) is 0 Å². The van der Waals surface area contributed by atoms with Crippen molar-refractivity contribution in [1.82, 2.24) is 9.97 Å². The van der Waals surface area contributed by atoms with Crippen molar-refractivity contribution in [2.45, 2.75) is 52.0 Å². The Bertz CT molecular complexity index is 439. The summed E-state index contributed by atoms with van der Waals surface area (Å²) >= 11 is 0. The first-order chi connectivity index (χ1) is 9.63. The number of nitrogens with zero attached hydrogens (tertiary/aromatic N) is 3. The van der Waals surface area contributed by atoms with E-state index in [1.807, 2.05) is 0 Å². The highest BCUT2D eigenvalue weighted by atomic mass is 16.6. The largest absolute Gasteiger partial charge is 0.367 e. The number of anilines is 2. The molecule has 0 aliphatic heterocycles. The van der Waals surface area contributed by atoms with Gasteiger partial charge in [0.1, 0.15) is 6.33 Å². The second kappa shape index (κ2) is 8.29. The van der Waals surface area contributed by atoms with Gasteiger partial charge in [0.25, 0.3) is 0 Å². The molecule has 0 radical (unpaired) electrons. The number of aromatic nitrogens is 2. The molecule has 1 unspecified atom stereocenters. The summed E-state index contributed by atoms with van der Waals surface area (Å²) in [7, 11) is 1.61. The number of rotatable bonds is 9. The lowest BCUT2D eigenvalue weighted by atomic mass is 10.1. The van der Waals surface area contributed by atoms with Gasteiger partial charge in [-0.1, -0.05) is 33.1 Å². The van der Waals surface area contributed by atoms with E-state index in [0.29, 0.717) is 5.82 Å². The van der Waals surface area contributed by atoms with Crippen LogP contribution in [0, 0.1) is 10.1 Å². The van der Waals surface area contributed by atoms with Gasteiger partial charge in [0.05, 0.1) is 4.92 Å². The Morgan fingerprint density at radius 3 is 2.50 bits per heavy atom. The molecule has 7 heteroatoms. The third-order valence-electron chi connectivity index (χ3n) is 3.13. The Labute approximate surface area is 119 Å². The molecular formula is C13H23N5O2. The predicted octanol–water partition coefficient (Wildman–Crippen LogP) is 3.20. The van der Waals surface area contributed by atoms with Gasteiger partial charge in [0.15, 0.2) is 0 Å². The van der Waals surface area contributed by atoms with Crippen LogP contribution in [0.2, 0.25) is 0 Å². The summed E-state index contributed by atoms with van der Waals surface area (Å²) in [5, 5.41) is 17.1. The first kappa shape index (κ1) is 16.1. The van der Waals surface area contributed by atoms with Crippen molar-refractivity contribution in [3.05, 3.63) is 16.4 Å². The van der Waals surface area contributed by atoms with E-state index >= 15 is 0 Å². The molecule has 1 rings (SSSR count). The minimum Gasteiger partial charge on any atom is -0.367 e. The van der Waals surface area contributed by atoms with Crippen LogP contribution >= 0.6 is 0 Å². The van der Waals surface area contributed by atoms with E-state index in [1.165, 1.54) is 6.33 Å². The Balaban J connectivity index is 2.96. The maximum Gasteiger partial charge on any atom is 0.353 e. The van der Waals surface area contributed by atoms with Crippen molar-refractivity contribution in [2.75, 3.05) is 17.7 Å². The molecular weight excluding hydrogens is 258 g/mol. The normalized spacial score (nSPS) is 11.9. The van der Waals surface area contributed by atoms with Gasteiger partial charge in [-0.3, -0.25) is 10.1 Å². The standard InChI is InChI=1S/C13H23N5O2/c1-4-6-8-10(7-5-2)17-13-11(18(19)20)12(14-3)15-9-16-13/h9-10H,4-8H2,1-3H3,(H2,14,15,16,17). The fourth-order valence-electron chi connectivity index (χ4n) is 2.12. The smallest absolute Gasteiger partial charge is 0.353 e. The molecule has 0 spiro atoms. The highest BCUT2D eigenvalue weighted by Gasteiger charge is 2.23. The van der Waals surface area contributed by atoms with Gasteiger partial charge in [-0.05, 0) is 12.8 Å².